The van der Waals surface area contributed by atoms with Crippen LogP contribution in [0.1, 0.15) is 33.5 Å². The normalized spacial score (nSPS) is 11.1. The lowest BCUT2D eigenvalue weighted by Gasteiger charge is -2.05. The molecule has 26 heavy (non-hydrogen) atoms. The minimum absolute atomic E-state index is 0.133. The lowest BCUT2D eigenvalue weighted by molar-refractivity contribution is 0.0990. The molecule has 0 saturated carbocycles. The zero-order valence-electron chi connectivity index (χ0n) is 14.0. The molecule has 2 aromatic heterocycles. The predicted octanol–water partition coefficient (Wildman–Crippen LogP) is 3.22. The number of rotatable bonds is 4. The van der Waals surface area contributed by atoms with Crippen molar-refractivity contribution in [3.8, 4) is 0 Å². The maximum Gasteiger partial charge on any atom is 0.291 e. The molecule has 130 valence electrons. The number of furan rings is 1. The fourth-order valence-electron chi connectivity index (χ4n) is 3.10. The molecule has 4 rings (SSSR count). The first kappa shape index (κ1) is 15.9. The highest BCUT2D eigenvalue weighted by Gasteiger charge is 2.20. The molecular weight excluding hydrogens is 332 g/mol. The van der Waals surface area contributed by atoms with E-state index in [2.05, 4.69) is 15.5 Å². The van der Waals surface area contributed by atoms with E-state index in [4.69, 9.17) is 10.2 Å². The van der Waals surface area contributed by atoms with Gasteiger partial charge in [0, 0.05) is 22.0 Å². The SMILES string of the molecule is CCc1c(C(=O)Nc2ccc3[nH]nc(C(N)=O)c3c2)oc2ccccc12. The lowest BCUT2D eigenvalue weighted by atomic mass is 10.1. The van der Waals surface area contributed by atoms with Gasteiger partial charge in [-0.1, -0.05) is 25.1 Å². The summed E-state index contributed by atoms with van der Waals surface area (Å²) < 4.78 is 5.75. The Kier molecular flexibility index (Phi) is 3.69. The Morgan fingerprint density at radius 1 is 1.19 bits per heavy atom. The number of carbonyl (C=O) groups is 2. The molecule has 0 unspecified atom stereocenters. The van der Waals surface area contributed by atoms with Gasteiger partial charge in [0.25, 0.3) is 11.8 Å². The number of aromatic amines is 1. The second-order valence-electron chi connectivity index (χ2n) is 5.91. The van der Waals surface area contributed by atoms with Crippen LogP contribution < -0.4 is 11.1 Å². The molecule has 0 radical (unpaired) electrons. The third kappa shape index (κ3) is 2.50. The standard InChI is InChI=1S/C19H16N4O3/c1-2-11-12-5-3-4-6-15(12)26-17(11)19(25)21-10-7-8-14-13(9-10)16(18(20)24)23-22-14/h3-9H,2H2,1H3,(H2,20,24)(H,21,25)(H,22,23). The lowest BCUT2D eigenvalue weighted by Crippen LogP contribution is -2.13. The number of nitrogens with two attached hydrogens (primary N) is 1. The Morgan fingerprint density at radius 3 is 2.77 bits per heavy atom. The maximum absolute atomic E-state index is 12.7. The molecule has 4 N–H and O–H groups in total. The van der Waals surface area contributed by atoms with Crippen LogP contribution >= 0.6 is 0 Å². The van der Waals surface area contributed by atoms with Gasteiger partial charge in [0.15, 0.2) is 11.5 Å². The molecule has 2 amide bonds. The number of nitrogens with zero attached hydrogens (tertiary/aromatic N) is 1. The number of aromatic nitrogens is 2. The summed E-state index contributed by atoms with van der Waals surface area (Å²) in [6, 6.07) is 12.7. The van der Waals surface area contributed by atoms with E-state index in [1.165, 1.54) is 0 Å². The van der Waals surface area contributed by atoms with E-state index in [0.717, 1.165) is 10.9 Å². The highest BCUT2D eigenvalue weighted by atomic mass is 16.3. The van der Waals surface area contributed by atoms with Crippen LogP contribution in [-0.2, 0) is 6.42 Å². The fraction of sp³-hybridized carbons (Fsp3) is 0.105. The molecule has 0 aliphatic rings. The number of anilines is 1. The zero-order valence-corrected chi connectivity index (χ0v) is 14.0. The molecule has 0 bridgehead atoms. The average molecular weight is 348 g/mol. The summed E-state index contributed by atoms with van der Waals surface area (Å²) in [5, 5.41) is 10.9. The highest BCUT2D eigenvalue weighted by molar-refractivity contribution is 6.09. The number of para-hydroxylation sites is 1. The van der Waals surface area contributed by atoms with Gasteiger partial charge in [0.2, 0.25) is 0 Å². The minimum atomic E-state index is -0.634. The third-order valence-corrected chi connectivity index (χ3v) is 4.31. The van der Waals surface area contributed by atoms with Crippen molar-refractivity contribution in [2.75, 3.05) is 5.32 Å². The monoisotopic (exact) mass is 348 g/mol. The average Bonchev–Trinajstić information content (AvgIpc) is 3.22. The first-order valence-corrected chi connectivity index (χ1v) is 8.18. The van der Waals surface area contributed by atoms with Crippen molar-refractivity contribution in [1.82, 2.24) is 10.2 Å². The largest absolute Gasteiger partial charge is 0.451 e. The number of nitrogens with one attached hydrogen (secondary N) is 2. The third-order valence-electron chi connectivity index (χ3n) is 4.31. The van der Waals surface area contributed by atoms with Crippen LogP contribution in [0.15, 0.2) is 46.9 Å². The number of hydrogen-bond acceptors (Lipinski definition) is 4. The first-order chi connectivity index (χ1) is 12.6. The van der Waals surface area contributed by atoms with Crippen molar-refractivity contribution in [2.24, 2.45) is 5.73 Å². The molecule has 7 heteroatoms. The van der Waals surface area contributed by atoms with Crippen LogP contribution in [0, 0.1) is 0 Å². The van der Waals surface area contributed by atoms with Gasteiger partial charge in [-0.15, -0.1) is 0 Å². The number of amides is 2. The number of H-pyrrole nitrogens is 1. The van der Waals surface area contributed by atoms with Crippen LogP contribution in [0.2, 0.25) is 0 Å². The van der Waals surface area contributed by atoms with Gasteiger partial charge in [0.05, 0.1) is 5.52 Å². The molecule has 0 aliphatic carbocycles. The highest BCUT2D eigenvalue weighted by Crippen LogP contribution is 2.27. The van der Waals surface area contributed by atoms with Gasteiger partial charge >= 0.3 is 0 Å². The van der Waals surface area contributed by atoms with E-state index < -0.39 is 5.91 Å². The van der Waals surface area contributed by atoms with Crippen LogP contribution in [-0.4, -0.2) is 22.0 Å². The molecule has 0 atom stereocenters. The van der Waals surface area contributed by atoms with Crippen molar-refractivity contribution in [2.45, 2.75) is 13.3 Å². The van der Waals surface area contributed by atoms with Gasteiger partial charge in [-0.3, -0.25) is 14.7 Å². The molecule has 0 saturated heterocycles. The summed E-state index contributed by atoms with van der Waals surface area (Å²) in [7, 11) is 0. The van der Waals surface area contributed by atoms with Crippen molar-refractivity contribution >= 4 is 39.4 Å². The zero-order chi connectivity index (χ0) is 18.3. The summed E-state index contributed by atoms with van der Waals surface area (Å²) >= 11 is 0. The van der Waals surface area contributed by atoms with E-state index in [-0.39, 0.29) is 17.4 Å². The second kappa shape index (κ2) is 6.03. The second-order valence-corrected chi connectivity index (χ2v) is 5.91. The van der Waals surface area contributed by atoms with Crippen molar-refractivity contribution < 1.29 is 14.0 Å². The quantitative estimate of drug-likeness (QED) is 0.525. The van der Waals surface area contributed by atoms with Crippen molar-refractivity contribution in [3.63, 3.8) is 0 Å². The number of primary amides is 1. The minimum Gasteiger partial charge on any atom is -0.451 e. The smallest absolute Gasteiger partial charge is 0.291 e. The summed E-state index contributed by atoms with van der Waals surface area (Å²) in [5.41, 5.74) is 8.18. The van der Waals surface area contributed by atoms with Gasteiger partial charge in [-0.05, 0) is 30.7 Å². The predicted molar refractivity (Wildman–Crippen MR) is 98.2 cm³/mol. The summed E-state index contributed by atoms with van der Waals surface area (Å²) in [4.78, 5) is 24.2. The van der Waals surface area contributed by atoms with E-state index >= 15 is 0 Å². The Bertz CT molecular complexity index is 1160. The summed E-state index contributed by atoms with van der Waals surface area (Å²) in [6.07, 6.45) is 0.673. The van der Waals surface area contributed by atoms with Crippen LogP contribution in [0.4, 0.5) is 5.69 Å². The Balaban J connectivity index is 1.71. The van der Waals surface area contributed by atoms with E-state index in [0.29, 0.717) is 28.6 Å². The maximum atomic E-state index is 12.7. The number of fused-ring (bicyclic) bond motifs is 2. The number of benzene rings is 2. The molecule has 0 spiro atoms. The van der Waals surface area contributed by atoms with Crippen molar-refractivity contribution in [1.29, 1.82) is 0 Å². The summed E-state index contributed by atoms with van der Waals surface area (Å²) in [6.45, 7) is 1.98. The van der Waals surface area contributed by atoms with Gasteiger partial charge in [0.1, 0.15) is 5.58 Å². The van der Waals surface area contributed by atoms with Crippen LogP contribution in [0.3, 0.4) is 0 Å². The molecule has 0 fully saturated rings. The summed E-state index contributed by atoms with van der Waals surface area (Å²) in [5.74, 6) is -0.692. The number of hydrogen-bond donors (Lipinski definition) is 3. The van der Waals surface area contributed by atoms with E-state index in [1.54, 1.807) is 18.2 Å². The van der Waals surface area contributed by atoms with Crippen LogP contribution in [0.5, 0.6) is 0 Å². The van der Waals surface area contributed by atoms with E-state index in [1.807, 2.05) is 31.2 Å². The number of aryl methyl sites for hydroxylation is 1. The molecule has 7 nitrogen and oxygen atoms in total. The number of carbonyl (C=O) groups excluding carboxylic acids is 2. The molecule has 2 aromatic carbocycles. The Morgan fingerprint density at radius 2 is 2.00 bits per heavy atom. The first-order valence-electron chi connectivity index (χ1n) is 8.18. The fourth-order valence-corrected chi connectivity index (χ4v) is 3.10. The van der Waals surface area contributed by atoms with E-state index in [9.17, 15) is 9.59 Å². The van der Waals surface area contributed by atoms with Crippen molar-refractivity contribution in [3.05, 3.63) is 59.5 Å². The van der Waals surface area contributed by atoms with Gasteiger partial charge in [-0.2, -0.15) is 5.10 Å². The van der Waals surface area contributed by atoms with Gasteiger partial charge < -0.3 is 15.5 Å². The Hall–Kier alpha value is -3.61. The van der Waals surface area contributed by atoms with Gasteiger partial charge in [-0.25, -0.2) is 0 Å². The molecular formula is C19H16N4O3. The molecule has 0 aliphatic heterocycles. The topological polar surface area (TPSA) is 114 Å². The molecule has 4 aromatic rings. The van der Waals surface area contributed by atoms with Crippen LogP contribution in [0.25, 0.3) is 21.9 Å². The molecule has 2 heterocycles. The Labute approximate surface area is 148 Å².